The molecule has 0 aliphatic carbocycles. The van der Waals surface area contributed by atoms with Gasteiger partial charge in [-0.15, -0.1) is 0 Å². The summed E-state index contributed by atoms with van der Waals surface area (Å²) in [4.78, 5) is 12.2. The lowest BCUT2D eigenvalue weighted by atomic mass is 9.78. The van der Waals surface area contributed by atoms with E-state index in [1.54, 1.807) is 0 Å². The molecule has 120 valence electrons. The molecule has 0 aromatic heterocycles. The number of benzene rings is 1. The van der Waals surface area contributed by atoms with Crippen molar-refractivity contribution in [3.8, 4) is 0 Å². The van der Waals surface area contributed by atoms with Gasteiger partial charge in [-0.25, -0.2) is 0 Å². The van der Waals surface area contributed by atoms with E-state index in [1.807, 2.05) is 52.0 Å². The van der Waals surface area contributed by atoms with Crippen LogP contribution in [0.15, 0.2) is 24.3 Å². The lowest BCUT2D eigenvalue weighted by Gasteiger charge is -2.32. The van der Waals surface area contributed by atoms with Gasteiger partial charge in [0.15, 0.2) is 0 Å². The Morgan fingerprint density at radius 3 is 2.32 bits per heavy atom. The molecule has 1 amide bonds. The quantitative estimate of drug-likeness (QED) is 0.869. The molecule has 5 heteroatoms. The minimum absolute atomic E-state index is 0.0629. The second kappa shape index (κ2) is 6.05. The molecule has 0 saturated carbocycles. The molecule has 1 aliphatic rings. The summed E-state index contributed by atoms with van der Waals surface area (Å²) >= 11 is 0. The summed E-state index contributed by atoms with van der Waals surface area (Å²) in [7, 11) is -0.442. The second-order valence-corrected chi connectivity index (χ2v) is 7.32. The molecule has 1 fully saturated rings. The maximum atomic E-state index is 12.2. The first kappa shape index (κ1) is 17.0. The molecular weight excluding hydrogens is 277 g/mol. The van der Waals surface area contributed by atoms with Crippen molar-refractivity contribution >= 4 is 18.5 Å². The molecule has 0 atom stereocenters. The monoisotopic (exact) mass is 303 g/mol. The van der Waals surface area contributed by atoms with Gasteiger partial charge in [0.1, 0.15) is 0 Å². The van der Waals surface area contributed by atoms with Crippen LogP contribution in [0.3, 0.4) is 0 Å². The maximum Gasteiger partial charge on any atom is 0.494 e. The molecule has 2 rings (SSSR count). The summed E-state index contributed by atoms with van der Waals surface area (Å²) in [5.41, 5.74) is 0.741. The highest BCUT2D eigenvalue weighted by Gasteiger charge is 2.51. The van der Waals surface area contributed by atoms with Gasteiger partial charge < -0.3 is 14.6 Å². The third-order valence-corrected chi connectivity index (χ3v) is 4.35. The van der Waals surface area contributed by atoms with Crippen LogP contribution in [0.25, 0.3) is 0 Å². The Labute approximate surface area is 133 Å². The van der Waals surface area contributed by atoms with E-state index in [-0.39, 0.29) is 17.1 Å². The zero-order chi connectivity index (χ0) is 16.5. The average molecular weight is 303 g/mol. The molecule has 1 aliphatic heterocycles. The predicted molar refractivity (Wildman–Crippen MR) is 89.3 cm³/mol. The van der Waals surface area contributed by atoms with Crippen molar-refractivity contribution in [2.24, 2.45) is 5.92 Å². The smallest absolute Gasteiger partial charge is 0.399 e. The van der Waals surface area contributed by atoms with Gasteiger partial charge in [-0.1, -0.05) is 26.0 Å². The number of hydrogen-bond donors (Lipinski definition) is 1. The van der Waals surface area contributed by atoms with Crippen LogP contribution in [-0.2, 0) is 9.31 Å². The summed E-state index contributed by atoms with van der Waals surface area (Å²) in [5.74, 6) is 0.363. The van der Waals surface area contributed by atoms with Crippen LogP contribution in [0.2, 0.25) is 0 Å². The van der Waals surface area contributed by atoms with Gasteiger partial charge in [-0.2, -0.15) is 0 Å². The Hall–Kier alpha value is -1.33. The lowest BCUT2D eigenvalue weighted by Crippen LogP contribution is -2.41. The van der Waals surface area contributed by atoms with E-state index in [0.29, 0.717) is 18.0 Å². The van der Waals surface area contributed by atoms with Gasteiger partial charge in [0.2, 0.25) is 0 Å². The van der Waals surface area contributed by atoms with Crippen LogP contribution in [0, 0.1) is 5.92 Å². The highest BCUT2D eigenvalue weighted by atomic mass is 16.7. The summed E-state index contributed by atoms with van der Waals surface area (Å²) in [6.07, 6.45) is 0. The minimum Gasteiger partial charge on any atom is -0.399 e. The van der Waals surface area contributed by atoms with E-state index in [1.165, 1.54) is 0 Å². The van der Waals surface area contributed by atoms with Crippen molar-refractivity contribution < 1.29 is 14.1 Å². The van der Waals surface area contributed by atoms with E-state index in [2.05, 4.69) is 19.2 Å². The highest BCUT2D eigenvalue weighted by Crippen LogP contribution is 2.36. The fourth-order valence-electron chi connectivity index (χ4n) is 2.20. The van der Waals surface area contributed by atoms with Crippen LogP contribution in [0.5, 0.6) is 0 Å². The van der Waals surface area contributed by atoms with Crippen LogP contribution < -0.4 is 10.8 Å². The van der Waals surface area contributed by atoms with Crippen molar-refractivity contribution in [3.05, 3.63) is 29.8 Å². The van der Waals surface area contributed by atoms with E-state index in [4.69, 9.17) is 9.31 Å². The predicted octanol–water partition coefficient (Wildman–Crippen LogP) is 2.37. The third-order valence-electron chi connectivity index (χ3n) is 4.35. The number of carbonyl (C=O) groups is 1. The first-order valence-corrected chi connectivity index (χ1v) is 7.86. The van der Waals surface area contributed by atoms with Gasteiger partial charge in [0, 0.05) is 12.1 Å². The van der Waals surface area contributed by atoms with Crippen molar-refractivity contribution in [2.45, 2.75) is 52.7 Å². The third kappa shape index (κ3) is 3.53. The van der Waals surface area contributed by atoms with E-state index >= 15 is 0 Å². The Morgan fingerprint density at radius 2 is 1.77 bits per heavy atom. The topological polar surface area (TPSA) is 47.6 Å². The summed E-state index contributed by atoms with van der Waals surface area (Å²) < 4.78 is 12.1. The molecule has 0 unspecified atom stereocenters. The summed E-state index contributed by atoms with van der Waals surface area (Å²) in [6.45, 7) is 12.9. The van der Waals surface area contributed by atoms with Gasteiger partial charge in [0.25, 0.3) is 5.91 Å². The van der Waals surface area contributed by atoms with Gasteiger partial charge in [0.05, 0.1) is 11.2 Å². The Balaban J connectivity index is 2.14. The van der Waals surface area contributed by atoms with Crippen molar-refractivity contribution in [1.29, 1.82) is 0 Å². The zero-order valence-corrected chi connectivity index (χ0v) is 14.4. The Bertz CT molecular complexity index is 539. The summed E-state index contributed by atoms with van der Waals surface area (Å²) in [6, 6.07) is 7.45. The van der Waals surface area contributed by atoms with Crippen LogP contribution >= 0.6 is 0 Å². The lowest BCUT2D eigenvalue weighted by molar-refractivity contribution is 0.00578. The van der Waals surface area contributed by atoms with Gasteiger partial charge >= 0.3 is 7.12 Å². The molecule has 0 bridgehead atoms. The number of amides is 1. The average Bonchev–Trinajstić information content (AvgIpc) is 2.65. The van der Waals surface area contributed by atoms with Crippen LogP contribution in [0.1, 0.15) is 51.9 Å². The number of hydrogen-bond acceptors (Lipinski definition) is 3. The van der Waals surface area contributed by atoms with E-state index in [0.717, 1.165) is 5.46 Å². The van der Waals surface area contributed by atoms with Crippen molar-refractivity contribution in [2.75, 3.05) is 6.54 Å². The van der Waals surface area contributed by atoms with Crippen LogP contribution in [-0.4, -0.2) is 30.8 Å². The van der Waals surface area contributed by atoms with Gasteiger partial charge in [-0.3, -0.25) is 4.79 Å². The normalized spacial score (nSPS) is 19.5. The molecule has 1 saturated heterocycles. The van der Waals surface area contributed by atoms with E-state index in [9.17, 15) is 4.79 Å². The number of rotatable bonds is 4. The first-order valence-electron chi connectivity index (χ1n) is 7.86. The molecular formula is C17H26BNO3. The first-order chi connectivity index (χ1) is 10.1. The van der Waals surface area contributed by atoms with E-state index < -0.39 is 7.12 Å². The van der Waals surface area contributed by atoms with Crippen LogP contribution in [0.4, 0.5) is 0 Å². The number of carbonyl (C=O) groups excluding carboxylic acids is 1. The largest absolute Gasteiger partial charge is 0.494 e. The van der Waals surface area contributed by atoms with Crippen molar-refractivity contribution in [3.63, 3.8) is 0 Å². The molecule has 4 nitrogen and oxygen atoms in total. The fraction of sp³-hybridized carbons (Fsp3) is 0.588. The SMILES string of the molecule is CC(C)CNC(=O)c1cccc(B2OC(C)(C)C(C)(C)O2)c1. The minimum atomic E-state index is -0.442. The van der Waals surface area contributed by atoms with Crippen molar-refractivity contribution in [1.82, 2.24) is 5.32 Å². The standard InChI is InChI=1S/C17H26BNO3/c1-12(2)11-19-15(20)13-8-7-9-14(10-13)18-21-16(3,4)17(5,6)22-18/h7-10,12H,11H2,1-6H3,(H,19,20). The summed E-state index contributed by atoms with van der Waals surface area (Å²) in [5, 5.41) is 2.93. The molecule has 1 heterocycles. The Kier molecular flexibility index (Phi) is 4.69. The number of nitrogens with one attached hydrogen (secondary N) is 1. The molecule has 0 spiro atoms. The molecule has 1 aromatic rings. The Morgan fingerprint density at radius 1 is 1.18 bits per heavy atom. The molecule has 0 radical (unpaired) electrons. The highest BCUT2D eigenvalue weighted by molar-refractivity contribution is 6.62. The fourth-order valence-corrected chi connectivity index (χ4v) is 2.20. The molecule has 22 heavy (non-hydrogen) atoms. The maximum absolute atomic E-state index is 12.2. The zero-order valence-electron chi connectivity index (χ0n) is 14.4. The van der Waals surface area contributed by atoms with Gasteiger partial charge in [-0.05, 0) is 51.2 Å². The molecule has 1 aromatic carbocycles. The molecule has 1 N–H and O–H groups in total. The second-order valence-electron chi connectivity index (χ2n) is 7.32.